The Labute approximate surface area is 347 Å². The lowest BCUT2D eigenvalue weighted by atomic mass is 9.85. The van der Waals surface area contributed by atoms with E-state index in [1.54, 1.807) is 0 Å². The molecule has 6 atom stereocenters. The van der Waals surface area contributed by atoms with E-state index in [0.29, 0.717) is 19.4 Å². The topological polar surface area (TPSA) is 192 Å². The number of allylic oxidation sites excluding steroid dienone is 16. The molecule has 0 amide bonds. The minimum absolute atomic E-state index is 0.132. The first-order valence-electron chi connectivity index (χ1n) is 21.1. The molecule has 330 valence electrons. The Hall–Kier alpha value is -2.74. The number of esters is 1. The molecule has 0 saturated heterocycles. The van der Waals surface area contributed by atoms with Crippen LogP contribution in [0.25, 0.3) is 0 Å². The average molecular weight is 837 g/mol. The first-order valence-corrected chi connectivity index (χ1v) is 22.6. The summed E-state index contributed by atoms with van der Waals surface area (Å²) in [7, 11) is -5.04. The number of ether oxygens (including phenoxy) is 2. The molecule has 1 fully saturated rings. The summed E-state index contributed by atoms with van der Waals surface area (Å²) in [6.45, 7) is 3.82. The maximum Gasteiger partial charge on any atom is 0.472 e. The van der Waals surface area contributed by atoms with E-state index >= 15 is 0 Å². The summed E-state index contributed by atoms with van der Waals surface area (Å²) in [5, 5.41) is 50.1. The van der Waals surface area contributed by atoms with Crippen molar-refractivity contribution in [3.8, 4) is 0 Å². The number of aliphatic hydroxyl groups excluding tert-OH is 5. The molecule has 0 bridgehead atoms. The first-order chi connectivity index (χ1) is 28.0. The molecular weight excluding hydrogens is 763 g/mol. The lowest BCUT2D eigenvalue weighted by molar-refractivity contribution is -0.220. The molecule has 12 nitrogen and oxygen atoms in total. The zero-order chi connectivity index (χ0) is 42.7. The Bertz CT molecular complexity index is 1320. The summed E-state index contributed by atoms with van der Waals surface area (Å²) in [6, 6.07) is 0. The van der Waals surface area contributed by atoms with Crippen molar-refractivity contribution in [1.29, 1.82) is 0 Å². The number of hydrogen-bond donors (Lipinski definition) is 6. The van der Waals surface area contributed by atoms with Crippen molar-refractivity contribution in [2.24, 2.45) is 0 Å². The zero-order valence-corrected chi connectivity index (χ0v) is 35.7. The average Bonchev–Trinajstić information content (AvgIpc) is 3.21. The van der Waals surface area contributed by atoms with Gasteiger partial charge < -0.3 is 39.9 Å². The number of aliphatic hydroxyl groups is 5. The van der Waals surface area contributed by atoms with Gasteiger partial charge in [-0.15, -0.1) is 0 Å². The zero-order valence-electron chi connectivity index (χ0n) is 34.8. The number of carbonyl (C=O) groups excluding carboxylic acids is 1. The smallest absolute Gasteiger partial charge is 0.457 e. The van der Waals surface area contributed by atoms with E-state index in [4.69, 9.17) is 18.5 Å². The van der Waals surface area contributed by atoms with Gasteiger partial charge >= 0.3 is 13.8 Å². The lowest BCUT2D eigenvalue weighted by Crippen LogP contribution is -2.64. The minimum atomic E-state index is -5.04. The van der Waals surface area contributed by atoms with E-state index in [-0.39, 0.29) is 13.0 Å². The van der Waals surface area contributed by atoms with Gasteiger partial charge in [-0.2, -0.15) is 0 Å². The van der Waals surface area contributed by atoms with Crippen LogP contribution >= 0.6 is 7.82 Å². The van der Waals surface area contributed by atoms with Crippen molar-refractivity contribution in [3.63, 3.8) is 0 Å². The predicted molar refractivity (Wildman–Crippen MR) is 230 cm³/mol. The third-order valence-corrected chi connectivity index (χ3v) is 9.94. The van der Waals surface area contributed by atoms with Crippen LogP contribution in [0.2, 0.25) is 0 Å². The van der Waals surface area contributed by atoms with E-state index in [1.807, 2.05) is 0 Å². The third-order valence-electron chi connectivity index (χ3n) is 8.95. The molecule has 58 heavy (non-hydrogen) atoms. The van der Waals surface area contributed by atoms with Crippen molar-refractivity contribution in [3.05, 3.63) is 97.2 Å². The summed E-state index contributed by atoms with van der Waals surface area (Å²) in [4.78, 5) is 23.1. The van der Waals surface area contributed by atoms with Crippen molar-refractivity contribution in [2.45, 2.75) is 159 Å². The van der Waals surface area contributed by atoms with E-state index in [9.17, 15) is 39.8 Å². The van der Waals surface area contributed by atoms with Crippen LogP contribution in [0.15, 0.2) is 97.2 Å². The fraction of sp³-hybridized carbons (Fsp3) is 0.622. The van der Waals surface area contributed by atoms with Crippen LogP contribution in [-0.2, 0) is 27.9 Å². The number of phosphoric acid groups is 1. The standard InChI is InChI=1S/C45H73O12P/c1-3-5-7-9-11-13-15-17-19-20-21-22-24-26-28-30-32-34-39(46)56-38(36-54-35-33-31-29-27-25-23-18-16-14-12-10-8-6-4-2)37-55-58(52,53)57-45-43(50)41(48)40(47)42(49)44(45)51/h5-8,11-14,17-19,21-23,27,29,38,40-45,47-51H,3-4,9-10,15-16,20,24-26,28,30-37H2,1-2H3,(H,52,53)/b7-5-,8-6-,13-11-,14-12-,19-17-,22-21-,23-18-,29-27-. The summed E-state index contributed by atoms with van der Waals surface area (Å²) in [5.41, 5.74) is 0. The van der Waals surface area contributed by atoms with Gasteiger partial charge in [0, 0.05) is 13.0 Å². The highest BCUT2D eigenvalue weighted by Crippen LogP contribution is 2.47. The Morgan fingerprint density at radius 1 is 0.552 bits per heavy atom. The maximum absolute atomic E-state index is 12.8. The number of carbonyl (C=O) groups is 1. The summed E-state index contributed by atoms with van der Waals surface area (Å²) >= 11 is 0. The highest BCUT2D eigenvalue weighted by atomic mass is 31.2. The molecular formula is C45H73O12P. The molecule has 0 aromatic rings. The number of unbranched alkanes of at least 4 members (excludes halogenated alkanes) is 5. The minimum Gasteiger partial charge on any atom is -0.457 e. The predicted octanol–water partition coefficient (Wildman–Crippen LogP) is 7.97. The number of rotatable bonds is 33. The van der Waals surface area contributed by atoms with E-state index in [0.717, 1.165) is 83.5 Å². The lowest BCUT2D eigenvalue weighted by Gasteiger charge is -2.41. The van der Waals surface area contributed by atoms with Gasteiger partial charge in [-0.05, 0) is 83.5 Å². The number of hydrogen-bond acceptors (Lipinski definition) is 11. The molecule has 1 aliphatic carbocycles. The van der Waals surface area contributed by atoms with Gasteiger partial charge in [0.1, 0.15) is 42.7 Å². The highest BCUT2D eigenvalue weighted by molar-refractivity contribution is 7.47. The second kappa shape index (κ2) is 35.1. The molecule has 13 heteroatoms. The largest absolute Gasteiger partial charge is 0.472 e. The summed E-state index contributed by atoms with van der Waals surface area (Å²) < 4.78 is 34.0. The molecule has 1 rings (SSSR count). The van der Waals surface area contributed by atoms with Crippen LogP contribution in [0.3, 0.4) is 0 Å². The molecule has 0 spiro atoms. The second-order valence-electron chi connectivity index (χ2n) is 14.1. The Morgan fingerprint density at radius 3 is 1.45 bits per heavy atom. The summed E-state index contributed by atoms with van der Waals surface area (Å²) in [6.07, 6.45) is 34.9. The van der Waals surface area contributed by atoms with Crippen molar-refractivity contribution < 1.29 is 58.3 Å². The van der Waals surface area contributed by atoms with Gasteiger partial charge in [-0.25, -0.2) is 4.57 Å². The van der Waals surface area contributed by atoms with Crippen LogP contribution in [0.1, 0.15) is 117 Å². The van der Waals surface area contributed by atoms with Crippen molar-refractivity contribution in [1.82, 2.24) is 0 Å². The third kappa shape index (κ3) is 27.1. The van der Waals surface area contributed by atoms with Gasteiger partial charge in [-0.3, -0.25) is 13.8 Å². The van der Waals surface area contributed by atoms with Gasteiger partial charge in [0.05, 0.1) is 13.2 Å². The Kier molecular flexibility index (Phi) is 32.2. The SMILES string of the molecule is CC/C=C\C/C=C\C/C=C\C/C=C\CCCCCCC(=O)OC(COCCC/C=C\C/C=C\C/C=C\C/C=C\CC)COP(=O)(O)OC1C(O)C(O)C(O)C(O)C1O. The Balaban J connectivity index is 2.51. The van der Waals surface area contributed by atoms with Gasteiger partial charge in [0.15, 0.2) is 0 Å². The molecule has 6 N–H and O–H groups in total. The molecule has 0 aromatic carbocycles. The van der Waals surface area contributed by atoms with E-state index in [2.05, 4.69) is 111 Å². The van der Waals surface area contributed by atoms with Gasteiger partial charge in [0.25, 0.3) is 0 Å². The van der Waals surface area contributed by atoms with Crippen LogP contribution in [0, 0.1) is 0 Å². The first kappa shape index (κ1) is 53.3. The fourth-order valence-electron chi connectivity index (χ4n) is 5.64. The Morgan fingerprint density at radius 2 is 0.966 bits per heavy atom. The molecule has 0 aromatic heterocycles. The van der Waals surface area contributed by atoms with Crippen LogP contribution in [-0.4, -0.2) is 98.9 Å². The van der Waals surface area contributed by atoms with Gasteiger partial charge in [-0.1, -0.05) is 124 Å². The van der Waals surface area contributed by atoms with Gasteiger partial charge in [0.2, 0.25) is 0 Å². The normalized spacial score (nSPS) is 23.7. The van der Waals surface area contributed by atoms with Crippen LogP contribution in [0.5, 0.6) is 0 Å². The second-order valence-corrected chi connectivity index (χ2v) is 15.5. The quantitative estimate of drug-likeness (QED) is 0.0162. The molecule has 1 saturated carbocycles. The van der Waals surface area contributed by atoms with E-state index in [1.165, 1.54) is 0 Å². The maximum atomic E-state index is 12.8. The molecule has 1 aliphatic rings. The fourth-order valence-corrected chi connectivity index (χ4v) is 6.61. The monoisotopic (exact) mass is 836 g/mol. The highest BCUT2D eigenvalue weighted by Gasteiger charge is 2.51. The van der Waals surface area contributed by atoms with Crippen molar-refractivity contribution >= 4 is 13.8 Å². The van der Waals surface area contributed by atoms with Crippen molar-refractivity contribution in [2.75, 3.05) is 19.8 Å². The van der Waals surface area contributed by atoms with E-state index < -0.39 is 63.1 Å². The number of phosphoric ester groups is 1. The summed E-state index contributed by atoms with van der Waals surface area (Å²) in [5.74, 6) is -0.525. The molecule has 0 aliphatic heterocycles. The molecule has 6 unspecified atom stereocenters. The van der Waals surface area contributed by atoms with Crippen LogP contribution < -0.4 is 0 Å². The molecule has 0 radical (unpaired) electrons. The van der Waals surface area contributed by atoms with Crippen LogP contribution in [0.4, 0.5) is 0 Å². The molecule has 0 heterocycles.